The molecule has 2 N–H and O–H groups in total. The van der Waals surface area contributed by atoms with Crippen molar-refractivity contribution in [1.82, 2.24) is 10.2 Å². The fourth-order valence-electron chi connectivity index (χ4n) is 1.46. The lowest BCUT2D eigenvalue weighted by molar-refractivity contribution is -0.107. The first kappa shape index (κ1) is 11.3. The molecule has 1 fully saturated rings. The van der Waals surface area contributed by atoms with Crippen LogP contribution < -0.4 is 5.32 Å². The van der Waals surface area contributed by atoms with Gasteiger partial charge in [-0.05, 0) is 19.8 Å². The van der Waals surface area contributed by atoms with E-state index in [4.69, 9.17) is 0 Å². The molecule has 0 atom stereocenters. The highest BCUT2D eigenvalue weighted by Crippen LogP contribution is 2.28. The van der Waals surface area contributed by atoms with Crippen LogP contribution in [0.1, 0.15) is 27.7 Å². The second kappa shape index (κ2) is 3.77. The van der Waals surface area contributed by atoms with Crippen molar-refractivity contribution in [3.63, 3.8) is 0 Å². The van der Waals surface area contributed by atoms with Crippen LogP contribution in [0.4, 0.5) is 4.79 Å². The molecule has 4 heteroatoms. The number of rotatable bonds is 2. The molecule has 1 saturated heterocycles. The zero-order chi connectivity index (χ0) is 10.9. The van der Waals surface area contributed by atoms with E-state index in [1.165, 1.54) is 0 Å². The predicted molar refractivity (Wildman–Crippen MR) is 55.0 cm³/mol. The summed E-state index contributed by atoms with van der Waals surface area (Å²) in [6.07, 6.45) is 0. The van der Waals surface area contributed by atoms with Gasteiger partial charge in [0.2, 0.25) is 0 Å². The largest absolute Gasteiger partial charge is 0.386 e. The number of nitrogens with zero attached hydrogens (tertiary/aromatic N) is 1. The Hall–Kier alpha value is -0.770. The molecular weight excluding hydrogens is 180 g/mol. The Kier molecular flexibility index (Phi) is 3.04. The van der Waals surface area contributed by atoms with E-state index in [0.29, 0.717) is 13.1 Å². The third-order valence-electron chi connectivity index (χ3n) is 2.70. The first-order chi connectivity index (χ1) is 6.35. The molecule has 0 aliphatic carbocycles. The average molecular weight is 200 g/mol. The molecule has 1 rings (SSSR count). The molecule has 4 nitrogen and oxygen atoms in total. The van der Waals surface area contributed by atoms with Crippen LogP contribution in [-0.4, -0.2) is 40.8 Å². The maximum Gasteiger partial charge on any atom is 0.317 e. The molecule has 0 radical (unpaired) electrons. The van der Waals surface area contributed by atoms with E-state index in [1.54, 1.807) is 4.90 Å². The quantitative estimate of drug-likeness (QED) is 0.693. The summed E-state index contributed by atoms with van der Waals surface area (Å²) in [5.41, 5.74) is -0.672. The molecule has 0 aromatic carbocycles. The van der Waals surface area contributed by atoms with E-state index in [9.17, 15) is 9.90 Å². The zero-order valence-corrected chi connectivity index (χ0v) is 9.37. The fraction of sp³-hybridized carbons (Fsp3) is 0.900. The summed E-state index contributed by atoms with van der Waals surface area (Å²) in [5, 5.41) is 12.7. The van der Waals surface area contributed by atoms with Gasteiger partial charge >= 0.3 is 6.03 Å². The highest BCUT2D eigenvalue weighted by Gasteiger charge is 2.45. The highest BCUT2D eigenvalue weighted by atomic mass is 16.3. The zero-order valence-electron chi connectivity index (χ0n) is 9.37. The summed E-state index contributed by atoms with van der Waals surface area (Å²) < 4.78 is 0. The van der Waals surface area contributed by atoms with Crippen molar-refractivity contribution in [3.05, 3.63) is 0 Å². The number of carbonyl (C=O) groups is 1. The standard InChI is InChI=1S/C10H20N2O2/c1-7(2)10(14)5-12(6-10)9(13)11-8(3)4/h7-8,14H,5-6H2,1-4H3,(H,11,13). The molecule has 14 heavy (non-hydrogen) atoms. The SMILES string of the molecule is CC(C)NC(=O)N1CC(O)(C(C)C)C1. The van der Waals surface area contributed by atoms with Gasteiger partial charge in [0.1, 0.15) is 5.60 Å². The number of hydrogen-bond donors (Lipinski definition) is 2. The fourth-order valence-corrected chi connectivity index (χ4v) is 1.46. The monoisotopic (exact) mass is 200 g/mol. The normalized spacial score (nSPS) is 19.8. The van der Waals surface area contributed by atoms with Crippen LogP contribution in [-0.2, 0) is 0 Å². The van der Waals surface area contributed by atoms with E-state index >= 15 is 0 Å². The Labute approximate surface area is 85.3 Å². The van der Waals surface area contributed by atoms with Gasteiger partial charge in [-0.3, -0.25) is 0 Å². The van der Waals surface area contributed by atoms with Gasteiger partial charge < -0.3 is 15.3 Å². The summed E-state index contributed by atoms with van der Waals surface area (Å²) in [6, 6.07) is 0.0700. The summed E-state index contributed by atoms with van der Waals surface area (Å²) >= 11 is 0. The summed E-state index contributed by atoms with van der Waals surface area (Å²) in [6.45, 7) is 8.68. The second-order valence-corrected chi connectivity index (χ2v) is 4.72. The summed E-state index contributed by atoms with van der Waals surface area (Å²) in [4.78, 5) is 13.1. The van der Waals surface area contributed by atoms with Crippen molar-refractivity contribution in [2.24, 2.45) is 5.92 Å². The van der Waals surface area contributed by atoms with E-state index in [0.717, 1.165) is 0 Å². The van der Waals surface area contributed by atoms with E-state index in [2.05, 4.69) is 5.32 Å². The van der Waals surface area contributed by atoms with Crippen LogP contribution in [0.15, 0.2) is 0 Å². The minimum atomic E-state index is -0.672. The topological polar surface area (TPSA) is 52.6 Å². The van der Waals surface area contributed by atoms with Crippen molar-refractivity contribution in [3.8, 4) is 0 Å². The number of β-amino-alcohol motifs (C(OH)–C–C–N with tert-alkyl or cyclic N) is 1. The summed E-state index contributed by atoms with van der Waals surface area (Å²) in [5.74, 6) is 0.200. The Morgan fingerprint density at radius 2 is 1.86 bits per heavy atom. The molecule has 1 aliphatic heterocycles. The Morgan fingerprint density at radius 1 is 1.36 bits per heavy atom. The van der Waals surface area contributed by atoms with Crippen molar-refractivity contribution in [2.45, 2.75) is 39.3 Å². The number of aliphatic hydroxyl groups is 1. The third kappa shape index (κ3) is 2.18. The van der Waals surface area contributed by atoms with Crippen molar-refractivity contribution in [1.29, 1.82) is 0 Å². The van der Waals surface area contributed by atoms with Crippen LogP contribution in [0, 0.1) is 5.92 Å². The van der Waals surface area contributed by atoms with Gasteiger partial charge in [0.25, 0.3) is 0 Å². The van der Waals surface area contributed by atoms with Gasteiger partial charge in [-0.25, -0.2) is 4.79 Å². The molecule has 0 saturated carbocycles. The van der Waals surface area contributed by atoms with Gasteiger partial charge in [0.15, 0.2) is 0 Å². The van der Waals surface area contributed by atoms with Crippen LogP contribution in [0.2, 0.25) is 0 Å². The lowest BCUT2D eigenvalue weighted by atomic mass is 9.83. The van der Waals surface area contributed by atoms with Gasteiger partial charge in [-0.2, -0.15) is 0 Å². The second-order valence-electron chi connectivity index (χ2n) is 4.72. The molecule has 1 heterocycles. The van der Waals surface area contributed by atoms with Crippen LogP contribution in [0.5, 0.6) is 0 Å². The molecule has 0 aromatic heterocycles. The number of carbonyl (C=O) groups excluding carboxylic acids is 1. The van der Waals surface area contributed by atoms with E-state index in [-0.39, 0.29) is 18.0 Å². The number of urea groups is 1. The lowest BCUT2D eigenvalue weighted by Crippen LogP contribution is -2.67. The van der Waals surface area contributed by atoms with Crippen LogP contribution in [0.25, 0.3) is 0 Å². The van der Waals surface area contributed by atoms with Crippen LogP contribution >= 0.6 is 0 Å². The van der Waals surface area contributed by atoms with Crippen molar-refractivity contribution >= 4 is 6.03 Å². The maximum atomic E-state index is 11.4. The lowest BCUT2D eigenvalue weighted by Gasteiger charge is -2.48. The Balaban J connectivity index is 2.37. The molecule has 0 aromatic rings. The summed E-state index contributed by atoms with van der Waals surface area (Å²) in [7, 11) is 0. The maximum absolute atomic E-state index is 11.4. The minimum absolute atomic E-state index is 0.0784. The molecule has 0 bridgehead atoms. The van der Waals surface area contributed by atoms with E-state index < -0.39 is 5.60 Å². The Bertz CT molecular complexity index is 220. The minimum Gasteiger partial charge on any atom is -0.386 e. The van der Waals surface area contributed by atoms with Gasteiger partial charge in [0.05, 0.1) is 13.1 Å². The molecule has 0 unspecified atom stereocenters. The van der Waals surface area contributed by atoms with Gasteiger partial charge in [-0.1, -0.05) is 13.8 Å². The number of nitrogens with one attached hydrogen (secondary N) is 1. The van der Waals surface area contributed by atoms with Crippen molar-refractivity contribution < 1.29 is 9.90 Å². The molecule has 2 amide bonds. The first-order valence-electron chi connectivity index (χ1n) is 5.13. The highest BCUT2D eigenvalue weighted by molar-refractivity contribution is 5.75. The molecule has 0 spiro atoms. The van der Waals surface area contributed by atoms with E-state index in [1.807, 2.05) is 27.7 Å². The van der Waals surface area contributed by atoms with Crippen LogP contribution in [0.3, 0.4) is 0 Å². The number of amides is 2. The molecule has 1 aliphatic rings. The van der Waals surface area contributed by atoms with Gasteiger partial charge in [0, 0.05) is 6.04 Å². The van der Waals surface area contributed by atoms with Crippen molar-refractivity contribution in [2.75, 3.05) is 13.1 Å². The smallest absolute Gasteiger partial charge is 0.317 e. The number of likely N-dealkylation sites (tertiary alicyclic amines) is 1. The predicted octanol–water partition coefficient (Wildman–Crippen LogP) is 0.807. The third-order valence-corrected chi connectivity index (χ3v) is 2.70. The molecule has 82 valence electrons. The number of hydrogen-bond acceptors (Lipinski definition) is 2. The average Bonchev–Trinajstić information content (AvgIpc) is 1.96. The van der Waals surface area contributed by atoms with Gasteiger partial charge in [-0.15, -0.1) is 0 Å². The molecular formula is C10H20N2O2. The Morgan fingerprint density at radius 3 is 2.21 bits per heavy atom. The first-order valence-corrected chi connectivity index (χ1v) is 5.13.